The smallest absolute Gasteiger partial charge is 0.271 e. The van der Waals surface area contributed by atoms with Crippen LogP contribution in [0, 0.1) is 11.3 Å². The molecule has 1 aromatic carbocycles. The molecule has 0 unspecified atom stereocenters. The summed E-state index contributed by atoms with van der Waals surface area (Å²) in [6, 6.07) is 10.2. The van der Waals surface area contributed by atoms with E-state index in [1.165, 1.54) is 17.5 Å². The minimum absolute atomic E-state index is 0.108. The molecule has 2 aromatic rings. The first-order chi connectivity index (χ1) is 18.9. The van der Waals surface area contributed by atoms with Crippen LogP contribution in [0.2, 0.25) is 0 Å². The van der Waals surface area contributed by atoms with E-state index in [1.807, 2.05) is 6.07 Å². The third kappa shape index (κ3) is 5.60. The number of amides is 2. The Morgan fingerprint density at radius 1 is 1.15 bits per heavy atom. The predicted molar refractivity (Wildman–Crippen MR) is 143 cm³/mol. The molecule has 1 atom stereocenters. The Hall–Kier alpha value is -3.57. The summed E-state index contributed by atoms with van der Waals surface area (Å²) in [6.07, 6.45) is 5.31. The summed E-state index contributed by atoms with van der Waals surface area (Å²) in [5.41, 5.74) is 3.31. The van der Waals surface area contributed by atoms with E-state index in [0.717, 1.165) is 45.2 Å². The summed E-state index contributed by atoms with van der Waals surface area (Å²) in [4.78, 5) is 37.6. The molecule has 206 valence electrons. The van der Waals surface area contributed by atoms with Gasteiger partial charge in [0, 0.05) is 62.7 Å². The van der Waals surface area contributed by atoms with Crippen LogP contribution in [0.4, 0.5) is 5.82 Å². The number of nitrogens with zero attached hydrogens (tertiary/aromatic N) is 5. The number of carbonyl (C=O) groups excluding carboxylic acids is 2. The molecule has 3 heterocycles. The topological polar surface area (TPSA) is 143 Å². The molecule has 11 nitrogen and oxygen atoms in total. The average Bonchev–Trinajstić information content (AvgIpc) is 3.73. The maximum absolute atomic E-state index is 12.7. The molecule has 1 aromatic heterocycles. The van der Waals surface area contributed by atoms with Crippen molar-refractivity contribution in [1.29, 1.82) is 0 Å². The number of aliphatic hydroxyl groups is 1. The molecule has 0 radical (unpaired) electrons. The first-order valence-electron chi connectivity index (χ1n) is 13.8. The van der Waals surface area contributed by atoms with E-state index < -0.39 is 6.10 Å². The van der Waals surface area contributed by atoms with E-state index in [2.05, 4.69) is 48.9 Å². The second-order valence-corrected chi connectivity index (χ2v) is 11.6. The highest BCUT2D eigenvalue weighted by Gasteiger charge is 2.54. The Labute approximate surface area is 227 Å². The maximum atomic E-state index is 12.7. The number of rotatable bonds is 9. The van der Waals surface area contributed by atoms with Crippen LogP contribution in [0.3, 0.4) is 0 Å². The molecule has 1 saturated heterocycles. The number of aliphatic hydroxyl groups excluding tert-OH is 1. The first-order valence-corrected chi connectivity index (χ1v) is 13.8. The summed E-state index contributed by atoms with van der Waals surface area (Å²) in [5.74, 6) is 0.215. The fourth-order valence-corrected chi connectivity index (χ4v) is 6.21. The van der Waals surface area contributed by atoms with E-state index in [4.69, 9.17) is 0 Å². The zero-order valence-electron chi connectivity index (χ0n) is 21.9. The molecule has 39 heavy (non-hydrogen) atoms. The van der Waals surface area contributed by atoms with Crippen molar-refractivity contribution in [3.8, 4) is 0 Å². The highest BCUT2D eigenvalue weighted by atomic mass is 16.4. The Bertz CT molecular complexity index is 1270. The van der Waals surface area contributed by atoms with Crippen LogP contribution in [0.1, 0.15) is 47.3 Å². The van der Waals surface area contributed by atoms with Crippen molar-refractivity contribution in [1.82, 2.24) is 25.1 Å². The SMILES string of the molecule is O=C(NC[C@H](O)CN1CCc2ccccc2C1)c1cc(NC2CC3(C2)CN(C(=O)/C(=N\O)C2CC2)C3)ncn1. The largest absolute Gasteiger partial charge is 0.410 e. The van der Waals surface area contributed by atoms with Crippen LogP contribution in [-0.4, -0.2) is 92.5 Å². The zero-order chi connectivity index (χ0) is 27.0. The number of fused-ring (bicyclic) bond motifs is 1. The van der Waals surface area contributed by atoms with Crippen molar-refractivity contribution >= 4 is 23.3 Å². The number of hydrogen-bond donors (Lipinski definition) is 4. The van der Waals surface area contributed by atoms with Crippen LogP contribution in [0.25, 0.3) is 0 Å². The molecule has 11 heteroatoms. The van der Waals surface area contributed by atoms with Gasteiger partial charge in [-0.05, 0) is 43.2 Å². The number of nitrogens with one attached hydrogen (secondary N) is 2. The minimum Gasteiger partial charge on any atom is -0.410 e. The van der Waals surface area contributed by atoms with Gasteiger partial charge in [-0.25, -0.2) is 9.97 Å². The molecule has 4 aliphatic rings. The van der Waals surface area contributed by atoms with Gasteiger partial charge in [0.25, 0.3) is 11.8 Å². The number of likely N-dealkylation sites (tertiary alicyclic amines) is 1. The monoisotopic (exact) mass is 533 g/mol. The van der Waals surface area contributed by atoms with Crippen molar-refractivity contribution in [2.45, 2.75) is 50.8 Å². The zero-order valence-corrected chi connectivity index (χ0v) is 21.9. The van der Waals surface area contributed by atoms with E-state index in [0.29, 0.717) is 31.2 Å². The quantitative estimate of drug-likeness (QED) is 0.214. The number of carbonyl (C=O) groups is 2. The lowest BCUT2D eigenvalue weighted by Gasteiger charge is -2.59. The van der Waals surface area contributed by atoms with Crippen LogP contribution in [0.15, 0.2) is 41.8 Å². The number of oxime groups is 1. The van der Waals surface area contributed by atoms with E-state index >= 15 is 0 Å². The summed E-state index contributed by atoms with van der Waals surface area (Å²) in [7, 11) is 0. The fourth-order valence-electron chi connectivity index (χ4n) is 6.21. The highest BCUT2D eigenvalue weighted by molar-refractivity contribution is 6.40. The van der Waals surface area contributed by atoms with Gasteiger partial charge in [-0.3, -0.25) is 14.5 Å². The van der Waals surface area contributed by atoms with E-state index in [9.17, 15) is 19.9 Å². The average molecular weight is 534 g/mol. The van der Waals surface area contributed by atoms with Crippen molar-refractivity contribution in [2.75, 3.05) is 38.0 Å². The Morgan fingerprint density at radius 2 is 1.92 bits per heavy atom. The molecule has 1 spiro atoms. The lowest BCUT2D eigenvalue weighted by molar-refractivity contribution is -0.143. The third-order valence-electron chi connectivity index (χ3n) is 8.42. The summed E-state index contributed by atoms with van der Waals surface area (Å²) >= 11 is 0. The van der Waals surface area contributed by atoms with E-state index in [1.54, 1.807) is 11.0 Å². The predicted octanol–water partition coefficient (Wildman–Crippen LogP) is 1.27. The second kappa shape index (κ2) is 10.5. The van der Waals surface area contributed by atoms with Gasteiger partial charge in [-0.2, -0.15) is 0 Å². The highest BCUT2D eigenvalue weighted by Crippen LogP contribution is 2.49. The van der Waals surface area contributed by atoms with Gasteiger partial charge in [0.2, 0.25) is 0 Å². The number of anilines is 1. The van der Waals surface area contributed by atoms with Crippen LogP contribution < -0.4 is 10.6 Å². The van der Waals surface area contributed by atoms with Gasteiger partial charge in [0.05, 0.1) is 6.10 Å². The van der Waals surface area contributed by atoms with Crippen LogP contribution in [0.5, 0.6) is 0 Å². The molecular weight excluding hydrogens is 498 g/mol. The number of aromatic nitrogens is 2. The number of hydrogen-bond acceptors (Lipinski definition) is 9. The van der Waals surface area contributed by atoms with Crippen LogP contribution >= 0.6 is 0 Å². The molecule has 2 amide bonds. The van der Waals surface area contributed by atoms with Gasteiger partial charge in [0.1, 0.15) is 23.6 Å². The summed E-state index contributed by atoms with van der Waals surface area (Å²) < 4.78 is 0. The fraction of sp³-hybridized carbons (Fsp3) is 0.536. The Kier molecular flexibility index (Phi) is 6.94. The normalized spacial score (nSPS) is 21.5. The molecule has 2 aliphatic heterocycles. The summed E-state index contributed by atoms with van der Waals surface area (Å²) in [5, 5.41) is 29.1. The van der Waals surface area contributed by atoms with Gasteiger partial charge in [0.15, 0.2) is 0 Å². The molecule has 3 fully saturated rings. The summed E-state index contributed by atoms with van der Waals surface area (Å²) in [6.45, 7) is 3.69. The molecule has 2 aliphatic carbocycles. The van der Waals surface area contributed by atoms with E-state index in [-0.39, 0.29) is 41.4 Å². The van der Waals surface area contributed by atoms with Crippen molar-refractivity contribution in [2.24, 2.45) is 16.5 Å². The molecule has 4 N–H and O–H groups in total. The van der Waals surface area contributed by atoms with Crippen LogP contribution in [-0.2, 0) is 17.8 Å². The van der Waals surface area contributed by atoms with Crippen molar-refractivity contribution in [3.63, 3.8) is 0 Å². The van der Waals surface area contributed by atoms with Gasteiger partial charge >= 0.3 is 0 Å². The second-order valence-electron chi connectivity index (χ2n) is 11.6. The van der Waals surface area contributed by atoms with Crippen molar-refractivity contribution in [3.05, 3.63) is 53.5 Å². The van der Waals surface area contributed by atoms with Gasteiger partial charge in [-0.15, -0.1) is 0 Å². The first kappa shape index (κ1) is 25.7. The molecule has 0 bridgehead atoms. The third-order valence-corrected chi connectivity index (χ3v) is 8.42. The molecule has 6 rings (SSSR count). The maximum Gasteiger partial charge on any atom is 0.271 e. The Morgan fingerprint density at radius 3 is 2.67 bits per heavy atom. The lowest BCUT2D eigenvalue weighted by Crippen LogP contribution is -2.67. The lowest BCUT2D eigenvalue weighted by atomic mass is 9.60. The van der Waals surface area contributed by atoms with Crippen molar-refractivity contribution < 1.29 is 19.9 Å². The molecule has 2 saturated carbocycles. The van der Waals surface area contributed by atoms with Gasteiger partial charge in [-0.1, -0.05) is 29.4 Å². The Balaban J connectivity index is 0.931. The molecular formula is C28H35N7O4. The minimum atomic E-state index is -0.678. The van der Waals surface area contributed by atoms with Gasteiger partial charge < -0.3 is 25.8 Å². The number of benzene rings is 1. The standard InChI is InChI=1S/C28H35N7O4/c36-22(14-34-8-7-18-3-1-2-4-20(18)13-34)12-29-26(37)23-9-24(31-17-30-23)32-21-10-28(11-21)15-35(16-28)27(38)25(33-39)19-5-6-19/h1-4,9,17,19,21-22,36,39H,5-8,10-16H2,(H,29,37)(H,30,31,32)/b33-25-/t22-/m0/s1. The number of β-amino-alcohol motifs (C(OH)–C–C–N with tert-alkyl or cyclic N) is 1.